The van der Waals surface area contributed by atoms with Gasteiger partial charge < -0.3 is 10.4 Å². The fourth-order valence-corrected chi connectivity index (χ4v) is 1.63. The number of aliphatic carboxylic acids is 1. The highest BCUT2D eigenvalue weighted by Gasteiger charge is 2.28. The fourth-order valence-electron chi connectivity index (χ4n) is 1.63. The minimum absolute atomic E-state index is 0.387. The highest BCUT2D eigenvalue weighted by Crippen LogP contribution is 2.22. The molecule has 0 aliphatic heterocycles. The number of hydrogen-bond acceptors (Lipinski definition) is 2. The van der Waals surface area contributed by atoms with Crippen LogP contribution in [-0.4, -0.2) is 23.2 Å². The maximum atomic E-state index is 12.0. The first kappa shape index (κ1) is 16.0. The second kappa shape index (κ2) is 6.93. The molecular formula is C13H14F3NO3. The molecule has 4 nitrogen and oxygen atoms in total. The predicted octanol–water partition coefficient (Wildman–Crippen LogP) is 2.66. The first-order valence-electron chi connectivity index (χ1n) is 5.91. The van der Waals surface area contributed by atoms with Gasteiger partial charge in [-0.1, -0.05) is 30.3 Å². The molecule has 7 heteroatoms. The lowest BCUT2D eigenvalue weighted by molar-refractivity contribution is -0.145. The Morgan fingerprint density at radius 1 is 1.20 bits per heavy atom. The maximum absolute atomic E-state index is 12.0. The number of amides is 1. The Morgan fingerprint density at radius 2 is 1.80 bits per heavy atom. The number of rotatable bonds is 6. The molecule has 110 valence electrons. The summed E-state index contributed by atoms with van der Waals surface area (Å²) in [5.41, 5.74) is 0.537. The Labute approximate surface area is 113 Å². The van der Waals surface area contributed by atoms with Crippen molar-refractivity contribution >= 4 is 11.9 Å². The number of carbonyl (C=O) groups is 2. The van der Waals surface area contributed by atoms with Crippen LogP contribution in [-0.2, 0) is 9.59 Å². The number of carboxylic acid groups (broad SMARTS) is 1. The summed E-state index contributed by atoms with van der Waals surface area (Å²) >= 11 is 0. The first-order chi connectivity index (χ1) is 9.28. The summed E-state index contributed by atoms with van der Waals surface area (Å²) in [6.45, 7) is 0. The molecule has 0 aliphatic carbocycles. The van der Waals surface area contributed by atoms with Crippen molar-refractivity contribution in [3.8, 4) is 0 Å². The topological polar surface area (TPSA) is 66.4 Å². The minimum atomic E-state index is -4.41. The van der Waals surface area contributed by atoms with Crippen molar-refractivity contribution in [2.75, 3.05) is 0 Å². The SMILES string of the molecule is O=C(O)C[C@H](NC(=O)CCC(F)(F)F)c1ccccc1. The van der Waals surface area contributed by atoms with Crippen molar-refractivity contribution in [2.24, 2.45) is 0 Å². The molecule has 1 atom stereocenters. The molecule has 2 N–H and O–H groups in total. The minimum Gasteiger partial charge on any atom is -0.481 e. The van der Waals surface area contributed by atoms with E-state index in [0.29, 0.717) is 5.56 Å². The average Bonchev–Trinajstić information content (AvgIpc) is 2.35. The van der Waals surface area contributed by atoms with Crippen LogP contribution in [0.25, 0.3) is 0 Å². The zero-order valence-electron chi connectivity index (χ0n) is 10.5. The molecule has 0 spiro atoms. The molecule has 0 bridgehead atoms. The van der Waals surface area contributed by atoms with E-state index < -0.39 is 36.9 Å². The molecule has 0 aromatic heterocycles. The zero-order valence-corrected chi connectivity index (χ0v) is 10.5. The van der Waals surface area contributed by atoms with Crippen LogP contribution in [0.4, 0.5) is 13.2 Å². The van der Waals surface area contributed by atoms with Crippen LogP contribution in [0.1, 0.15) is 30.9 Å². The van der Waals surface area contributed by atoms with Crippen LogP contribution in [0.5, 0.6) is 0 Å². The molecule has 1 rings (SSSR count). The van der Waals surface area contributed by atoms with E-state index in [1.807, 2.05) is 0 Å². The summed E-state index contributed by atoms with van der Waals surface area (Å²) < 4.78 is 36.0. The molecule has 0 saturated heterocycles. The summed E-state index contributed by atoms with van der Waals surface area (Å²) in [6, 6.07) is 7.41. The van der Waals surface area contributed by atoms with E-state index in [1.165, 1.54) is 0 Å². The lowest BCUT2D eigenvalue weighted by Crippen LogP contribution is -2.30. The van der Waals surface area contributed by atoms with Gasteiger partial charge in [-0.15, -0.1) is 0 Å². The Kier molecular flexibility index (Phi) is 5.54. The molecule has 0 unspecified atom stereocenters. The van der Waals surface area contributed by atoms with Crippen molar-refractivity contribution in [3.63, 3.8) is 0 Å². The zero-order chi connectivity index (χ0) is 15.2. The van der Waals surface area contributed by atoms with Gasteiger partial charge in [0.1, 0.15) is 0 Å². The fraction of sp³-hybridized carbons (Fsp3) is 0.385. The number of alkyl halides is 3. The van der Waals surface area contributed by atoms with Crippen LogP contribution in [0.2, 0.25) is 0 Å². The van der Waals surface area contributed by atoms with Gasteiger partial charge in [0.05, 0.1) is 18.9 Å². The van der Waals surface area contributed by atoms with Crippen molar-refractivity contribution in [1.82, 2.24) is 5.32 Å². The maximum Gasteiger partial charge on any atom is 0.389 e. The van der Waals surface area contributed by atoms with Gasteiger partial charge in [0.2, 0.25) is 5.91 Å². The monoisotopic (exact) mass is 289 g/mol. The van der Waals surface area contributed by atoms with E-state index in [0.717, 1.165) is 0 Å². The lowest BCUT2D eigenvalue weighted by Gasteiger charge is -2.17. The summed E-state index contributed by atoms with van der Waals surface area (Å²) in [4.78, 5) is 22.2. The van der Waals surface area contributed by atoms with E-state index in [2.05, 4.69) is 5.32 Å². The van der Waals surface area contributed by atoms with Gasteiger partial charge in [-0.2, -0.15) is 13.2 Å². The summed E-state index contributed by atoms with van der Waals surface area (Å²) in [5.74, 6) is -1.97. The van der Waals surface area contributed by atoms with Gasteiger partial charge in [0, 0.05) is 6.42 Å². The van der Waals surface area contributed by atoms with Crippen molar-refractivity contribution < 1.29 is 27.9 Å². The van der Waals surface area contributed by atoms with Gasteiger partial charge in [-0.05, 0) is 5.56 Å². The van der Waals surface area contributed by atoms with Crippen LogP contribution < -0.4 is 5.32 Å². The Morgan fingerprint density at radius 3 is 2.30 bits per heavy atom. The Balaban J connectivity index is 2.66. The smallest absolute Gasteiger partial charge is 0.389 e. The molecular weight excluding hydrogens is 275 g/mol. The molecule has 0 heterocycles. The number of carboxylic acids is 1. The molecule has 1 aromatic rings. The summed E-state index contributed by atoms with van der Waals surface area (Å²) in [5, 5.41) is 11.1. The number of carbonyl (C=O) groups excluding carboxylic acids is 1. The van der Waals surface area contributed by atoms with E-state index in [9.17, 15) is 22.8 Å². The van der Waals surface area contributed by atoms with Crippen LogP contribution in [0.15, 0.2) is 30.3 Å². The first-order valence-corrected chi connectivity index (χ1v) is 5.91. The number of halogens is 3. The molecule has 0 aliphatic rings. The number of nitrogens with one attached hydrogen (secondary N) is 1. The highest BCUT2D eigenvalue weighted by molar-refractivity contribution is 5.77. The quantitative estimate of drug-likeness (QED) is 0.846. The number of hydrogen-bond donors (Lipinski definition) is 2. The van der Waals surface area contributed by atoms with E-state index in [4.69, 9.17) is 5.11 Å². The predicted molar refractivity (Wildman–Crippen MR) is 64.9 cm³/mol. The largest absolute Gasteiger partial charge is 0.481 e. The lowest BCUT2D eigenvalue weighted by atomic mass is 10.0. The third-order valence-electron chi connectivity index (χ3n) is 2.55. The Bertz CT molecular complexity index is 460. The second-order valence-corrected chi connectivity index (χ2v) is 4.24. The number of benzene rings is 1. The van der Waals surface area contributed by atoms with Crippen molar-refractivity contribution in [3.05, 3.63) is 35.9 Å². The van der Waals surface area contributed by atoms with E-state index in [1.54, 1.807) is 30.3 Å². The van der Waals surface area contributed by atoms with Crippen molar-refractivity contribution in [1.29, 1.82) is 0 Å². The average molecular weight is 289 g/mol. The van der Waals surface area contributed by atoms with Gasteiger partial charge in [0.25, 0.3) is 0 Å². The summed E-state index contributed by atoms with van der Waals surface area (Å²) in [7, 11) is 0. The van der Waals surface area contributed by atoms with Crippen LogP contribution >= 0.6 is 0 Å². The molecule has 0 fully saturated rings. The van der Waals surface area contributed by atoms with Gasteiger partial charge >= 0.3 is 12.1 Å². The molecule has 0 radical (unpaired) electrons. The van der Waals surface area contributed by atoms with Gasteiger partial charge in [-0.3, -0.25) is 9.59 Å². The third-order valence-corrected chi connectivity index (χ3v) is 2.55. The van der Waals surface area contributed by atoms with E-state index in [-0.39, 0.29) is 6.42 Å². The summed E-state index contributed by atoms with van der Waals surface area (Å²) in [6.07, 6.45) is -6.74. The van der Waals surface area contributed by atoms with Gasteiger partial charge in [-0.25, -0.2) is 0 Å². The second-order valence-electron chi connectivity index (χ2n) is 4.24. The standard InChI is InChI=1S/C13H14F3NO3/c14-13(15,16)7-6-11(18)17-10(8-12(19)20)9-4-2-1-3-5-9/h1-5,10H,6-8H2,(H,17,18)(H,19,20)/t10-/m0/s1. The van der Waals surface area contributed by atoms with Gasteiger partial charge in [0.15, 0.2) is 0 Å². The molecule has 1 amide bonds. The normalized spacial score (nSPS) is 12.8. The molecule has 1 aromatic carbocycles. The third kappa shape index (κ3) is 6.21. The van der Waals surface area contributed by atoms with E-state index >= 15 is 0 Å². The van der Waals surface area contributed by atoms with Crippen LogP contribution in [0, 0.1) is 0 Å². The molecule has 0 saturated carbocycles. The highest BCUT2D eigenvalue weighted by atomic mass is 19.4. The van der Waals surface area contributed by atoms with Crippen LogP contribution in [0.3, 0.4) is 0 Å². The van der Waals surface area contributed by atoms with Crippen molar-refractivity contribution in [2.45, 2.75) is 31.5 Å². The molecule has 20 heavy (non-hydrogen) atoms. The Hall–Kier alpha value is -2.05.